The minimum atomic E-state index is -0.235. The van der Waals surface area contributed by atoms with Crippen molar-refractivity contribution >= 4 is 33.6 Å². The molecule has 0 spiro atoms. The normalized spacial score (nSPS) is 16.4. The maximum atomic E-state index is 13.3. The third-order valence-corrected chi connectivity index (χ3v) is 7.73. The highest BCUT2D eigenvalue weighted by Gasteiger charge is 2.28. The second-order valence-electron chi connectivity index (χ2n) is 8.93. The van der Waals surface area contributed by atoms with Gasteiger partial charge in [-0.05, 0) is 45.2 Å². The van der Waals surface area contributed by atoms with Gasteiger partial charge in [0.05, 0.1) is 11.9 Å². The van der Waals surface area contributed by atoms with Crippen LogP contribution in [0.25, 0.3) is 33.3 Å². The second kappa shape index (κ2) is 10.6. The Balaban J connectivity index is 1.25. The number of aromatic amines is 1. The number of hydrogen-bond donors (Lipinski definition) is 2. The average molecular weight is 520 g/mol. The van der Waals surface area contributed by atoms with E-state index < -0.39 is 0 Å². The molecule has 1 aliphatic heterocycles. The molecule has 6 rings (SSSR count). The zero-order chi connectivity index (χ0) is 25.9. The first-order chi connectivity index (χ1) is 18.7. The molecule has 1 amide bonds. The maximum Gasteiger partial charge on any atom is 0.280 e. The number of aliphatic imine (C=N–C) groups is 1. The molecule has 188 valence electrons. The molecule has 1 fully saturated rings. The Labute approximate surface area is 224 Å². The molecule has 2 heterocycles. The van der Waals surface area contributed by atoms with Gasteiger partial charge >= 0.3 is 0 Å². The van der Waals surface area contributed by atoms with Gasteiger partial charge in [0.15, 0.2) is 5.17 Å². The molecular formula is C29H25N7OS. The smallest absolute Gasteiger partial charge is 0.280 e. The molecule has 9 heteroatoms. The van der Waals surface area contributed by atoms with E-state index in [1.807, 2.05) is 65.7 Å². The third kappa shape index (κ3) is 4.81. The fourth-order valence-corrected chi connectivity index (χ4v) is 5.54. The summed E-state index contributed by atoms with van der Waals surface area (Å²) in [5.74, 6) is 0.326. The molecule has 0 aliphatic carbocycles. The molecule has 1 saturated heterocycles. The lowest BCUT2D eigenvalue weighted by Gasteiger charge is -2.19. The van der Waals surface area contributed by atoms with Crippen LogP contribution >= 0.6 is 11.8 Å². The van der Waals surface area contributed by atoms with Crippen LogP contribution in [0.3, 0.4) is 0 Å². The van der Waals surface area contributed by atoms with Gasteiger partial charge in [-0.15, -0.1) is 10.2 Å². The number of aromatic nitrogens is 4. The van der Waals surface area contributed by atoms with Crippen molar-refractivity contribution in [1.82, 2.24) is 31.1 Å². The predicted octanol–water partition coefficient (Wildman–Crippen LogP) is 5.67. The topological polar surface area (TPSA) is 99.2 Å². The predicted molar refractivity (Wildman–Crippen MR) is 151 cm³/mol. The fraction of sp³-hybridized carbons (Fsp3) is 0.138. The Bertz CT molecular complexity index is 1610. The number of nitrogens with one attached hydrogen (secondary N) is 2. The van der Waals surface area contributed by atoms with Gasteiger partial charge in [-0.2, -0.15) is 10.2 Å². The molecule has 38 heavy (non-hydrogen) atoms. The molecule has 4 aromatic carbocycles. The van der Waals surface area contributed by atoms with Crippen LogP contribution in [0, 0.1) is 0 Å². The zero-order valence-electron chi connectivity index (χ0n) is 20.7. The SMILES string of the molecule is CCC1NN(Cc2ccc(-c3ccccc3-c3nn[nH]n3)cc2)C(=NC(=O)c2cccc3ccccc23)S1. The van der Waals surface area contributed by atoms with Crippen molar-refractivity contribution in [1.29, 1.82) is 0 Å². The van der Waals surface area contributed by atoms with E-state index in [0.29, 0.717) is 23.1 Å². The number of hydrogen-bond acceptors (Lipinski definition) is 6. The lowest BCUT2D eigenvalue weighted by atomic mass is 9.98. The average Bonchev–Trinajstić information content (AvgIpc) is 3.64. The first-order valence-corrected chi connectivity index (χ1v) is 13.3. The van der Waals surface area contributed by atoms with E-state index >= 15 is 0 Å². The van der Waals surface area contributed by atoms with Crippen LogP contribution in [0.15, 0.2) is 96.0 Å². The van der Waals surface area contributed by atoms with Gasteiger partial charge in [-0.1, -0.05) is 104 Å². The number of amides is 1. The molecule has 5 aromatic rings. The number of amidine groups is 1. The summed E-state index contributed by atoms with van der Waals surface area (Å²) in [6, 6.07) is 30.0. The fourth-order valence-electron chi connectivity index (χ4n) is 4.56. The van der Waals surface area contributed by atoms with Crippen molar-refractivity contribution in [3.63, 3.8) is 0 Å². The van der Waals surface area contributed by atoms with Crippen LogP contribution in [0.2, 0.25) is 0 Å². The highest BCUT2D eigenvalue weighted by molar-refractivity contribution is 8.14. The Morgan fingerprint density at radius 3 is 2.50 bits per heavy atom. The molecule has 8 nitrogen and oxygen atoms in total. The minimum Gasteiger partial charge on any atom is -0.281 e. The van der Waals surface area contributed by atoms with E-state index in [2.05, 4.69) is 68.3 Å². The third-order valence-electron chi connectivity index (χ3n) is 6.49. The molecule has 1 aliphatic rings. The molecule has 0 radical (unpaired) electrons. The number of thioether (sulfide) groups is 1. The van der Waals surface area contributed by atoms with Crippen molar-refractivity contribution in [3.05, 3.63) is 102 Å². The molecule has 0 bridgehead atoms. The van der Waals surface area contributed by atoms with Gasteiger partial charge in [0.25, 0.3) is 5.91 Å². The summed E-state index contributed by atoms with van der Waals surface area (Å²) in [6.07, 6.45) is 0.911. The molecule has 1 atom stereocenters. The number of fused-ring (bicyclic) bond motifs is 1. The van der Waals surface area contributed by atoms with Crippen LogP contribution in [0.5, 0.6) is 0 Å². The Hall–Kier alpha value is -4.34. The zero-order valence-corrected chi connectivity index (χ0v) is 21.5. The highest BCUT2D eigenvalue weighted by Crippen LogP contribution is 2.31. The summed E-state index contributed by atoms with van der Waals surface area (Å²) in [7, 11) is 0. The van der Waals surface area contributed by atoms with Crippen molar-refractivity contribution in [2.75, 3.05) is 0 Å². The summed E-state index contributed by atoms with van der Waals surface area (Å²) < 4.78 is 0. The van der Waals surface area contributed by atoms with Crippen molar-refractivity contribution in [2.24, 2.45) is 4.99 Å². The Morgan fingerprint density at radius 2 is 1.71 bits per heavy atom. The largest absolute Gasteiger partial charge is 0.281 e. The van der Waals surface area contributed by atoms with Crippen LogP contribution in [0.4, 0.5) is 0 Å². The summed E-state index contributed by atoms with van der Waals surface area (Å²) >= 11 is 1.59. The summed E-state index contributed by atoms with van der Waals surface area (Å²) in [6.45, 7) is 2.70. The molecule has 1 unspecified atom stereocenters. The van der Waals surface area contributed by atoms with E-state index in [1.54, 1.807) is 11.8 Å². The lowest BCUT2D eigenvalue weighted by Crippen LogP contribution is -2.37. The van der Waals surface area contributed by atoms with Crippen LogP contribution in [0.1, 0.15) is 29.3 Å². The van der Waals surface area contributed by atoms with Gasteiger partial charge in [0.2, 0.25) is 5.82 Å². The summed E-state index contributed by atoms with van der Waals surface area (Å²) in [5.41, 5.74) is 8.21. The van der Waals surface area contributed by atoms with Crippen LogP contribution in [-0.4, -0.2) is 42.1 Å². The minimum absolute atomic E-state index is 0.162. The number of nitrogens with zero attached hydrogens (tertiary/aromatic N) is 5. The quantitative estimate of drug-likeness (QED) is 0.298. The Kier molecular flexibility index (Phi) is 6.68. The molecular weight excluding hydrogens is 494 g/mol. The lowest BCUT2D eigenvalue weighted by molar-refractivity contribution is 0.100. The molecule has 0 saturated carbocycles. The Morgan fingerprint density at radius 1 is 0.947 bits per heavy atom. The number of rotatable bonds is 6. The van der Waals surface area contributed by atoms with Gasteiger partial charge in [-0.25, -0.2) is 5.43 Å². The van der Waals surface area contributed by atoms with Gasteiger partial charge in [-0.3, -0.25) is 9.80 Å². The van der Waals surface area contributed by atoms with E-state index in [0.717, 1.165) is 39.4 Å². The maximum absolute atomic E-state index is 13.3. The molecule has 2 N–H and O–H groups in total. The number of hydrazine groups is 1. The van der Waals surface area contributed by atoms with Crippen molar-refractivity contribution in [3.8, 4) is 22.5 Å². The van der Waals surface area contributed by atoms with E-state index in [-0.39, 0.29) is 11.3 Å². The molecule has 1 aromatic heterocycles. The van der Waals surface area contributed by atoms with Gasteiger partial charge < -0.3 is 0 Å². The van der Waals surface area contributed by atoms with E-state index in [1.165, 1.54) is 0 Å². The standard InChI is InChI=1S/C29H25N7OS/c1-2-26-33-36(29(38-26)30-28(37)25-13-7-9-20-8-3-4-11-23(20)25)18-19-14-16-21(17-15-19)22-10-5-6-12-24(22)27-31-34-35-32-27/h3-17,26,33H,2,18H2,1H3,(H,31,32,34,35). The second-order valence-corrected chi connectivity index (χ2v) is 10.1. The van der Waals surface area contributed by atoms with E-state index in [9.17, 15) is 4.79 Å². The number of carbonyl (C=O) groups excluding carboxylic acids is 1. The first-order valence-electron chi connectivity index (χ1n) is 12.4. The highest BCUT2D eigenvalue weighted by atomic mass is 32.2. The van der Waals surface area contributed by atoms with Crippen molar-refractivity contribution < 1.29 is 4.79 Å². The summed E-state index contributed by atoms with van der Waals surface area (Å²) in [5, 5.41) is 19.3. The number of carbonyl (C=O) groups is 1. The summed E-state index contributed by atoms with van der Waals surface area (Å²) in [4.78, 5) is 17.8. The number of benzene rings is 4. The van der Waals surface area contributed by atoms with Crippen LogP contribution < -0.4 is 5.43 Å². The van der Waals surface area contributed by atoms with Gasteiger partial charge in [0.1, 0.15) is 0 Å². The van der Waals surface area contributed by atoms with Gasteiger partial charge in [0, 0.05) is 11.1 Å². The number of tetrazole rings is 1. The first kappa shape index (κ1) is 24.0. The van der Waals surface area contributed by atoms with Crippen LogP contribution in [-0.2, 0) is 6.54 Å². The van der Waals surface area contributed by atoms with Crippen molar-refractivity contribution in [2.45, 2.75) is 25.3 Å². The number of H-pyrrole nitrogens is 1. The van der Waals surface area contributed by atoms with E-state index in [4.69, 9.17) is 0 Å². The monoisotopic (exact) mass is 519 g/mol.